The molecule has 1 aromatic heterocycles. The molecule has 5 rings (SSSR count). The number of hydrogen-bond acceptors (Lipinski definition) is 9. The second-order valence-corrected chi connectivity index (χ2v) is 12.0. The van der Waals surface area contributed by atoms with Gasteiger partial charge < -0.3 is 25.4 Å². The molecule has 3 aromatic rings. The van der Waals surface area contributed by atoms with E-state index in [1.807, 2.05) is 6.07 Å². The number of aryl methyl sites for hydroxylation is 1. The van der Waals surface area contributed by atoms with E-state index in [9.17, 15) is 8.42 Å². The van der Waals surface area contributed by atoms with Crippen LogP contribution in [0.2, 0.25) is 5.02 Å². The van der Waals surface area contributed by atoms with Gasteiger partial charge in [0.1, 0.15) is 23.1 Å². The molecular formula is C26H31ClN6O4S. The largest absolute Gasteiger partial charge is 0.486 e. The highest BCUT2D eigenvalue weighted by molar-refractivity contribution is 7.89. The molecule has 0 radical (unpaired) electrons. The number of hydrogen-bond donors (Lipinski definition) is 3. The number of rotatable bonds is 7. The number of ether oxygens (including phenoxy) is 2. The maximum Gasteiger partial charge on any atom is 0.244 e. The first-order valence-corrected chi connectivity index (χ1v) is 14.3. The Morgan fingerprint density at radius 1 is 1.05 bits per heavy atom. The van der Waals surface area contributed by atoms with Crippen molar-refractivity contribution < 1.29 is 17.9 Å². The Labute approximate surface area is 227 Å². The van der Waals surface area contributed by atoms with Crippen LogP contribution in [-0.4, -0.2) is 63.1 Å². The number of benzene rings is 2. The van der Waals surface area contributed by atoms with E-state index in [-0.39, 0.29) is 21.7 Å². The molecule has 2 aromatic carbocycles. The van der Waals surface area contributed by atoms with Gasteiger partial charge in [-0.05, 0) is 62.5 Å². The van der Waals surface area contributed by atoms with Crippen molar-refractivity contribution in [1.29, 1.82) is 0 Å². The van der Waals surface area contributed by atoms with Gasteiger partial charge in [0, 0.05) is 19.7 Å². The Morgan fingerprint density at radius 3 is 2.50 bits per heavy atom. The Balaban J connectivity index is 1.47. The summed E-state index contributed by atoms with van der Waals surface area (Å²) >= 11 is 6.40. The first kappa shape index (κ1) is 26.5. The minimum absolute atomic E-state index is 0.109. The summed E-state index contributed by atoms with van der Waals surface area (Å²) in [5.41, 5.74) is 3.35. The number of nitrogens with zero attached hydrogens (tertiary/aromatic N) is 3. The molecule has 3 N–H and O–H groups in total. The van der Waals surface area contributed by atoms with Crippen LogP contribution in [0.1, 0.15) is 29.9 Å². The van der Waals surface area contributed by atoms with Gasteiger partial charge in [-0.25, -0.2) is 17.7 Å². The molecule has 202 valence electrons. The van der Waals surface area contributed by atoms with Gasteiger partial charge in [0.05, 0.1) is 17.6 Å². The van der Waals surface area contributed by atoms with Gasteiger partial charge >= 0.3 is 0 Å². The van der Waals surface area contributed by atoms with E-state index in [1.165, 1.54) is 31.9 Å². The van der Waals surface area contributed by atoms with Crippen LogP contribution in [0.5, 0.6) is 11.5 Å². The van der Waals surface area contributed by atoms with Crippen LogP contribution >= 0.6 is 11.6 Å². The van der Waals surface area contributed by atoms with Gasteiger partial charge in [-0.3, -0.25) is 0 Å². The van der Waals surface area contributed by atoms with Gasteiger partial charge in [0.2, 0.25) is 16.0 Å². The summed E-state index contributed by atoms with van der Waals surface area (Å²) in [6.07, 6.45) is 3.55. The third kappa shape index (κ3) is 5.24. The number of nitrogens with one attached hydrogen (secondary N) is 3. The number of fused-ring (bicyclic) bond motifs is 1. The van der Waals surface area contributed by atoms with Crippen molar-refractivity contribution in [3.63, 3.8) is 0 Å². The number of anilines is 4. The van der Waals surface area contributed by atoms with Crippen molar-refractivity contribution in [1.82, 2.24) is 19.6 Å². The monoisotopic (exact) mass is 558 g/mol. The molecule has 12 heteroatoms. The molecule has 1 fully saturated rings. The molecular weight excluding hydrogens is 528 g/mol. The number of aromatic nitrogens is 2. The fourth-order valence-electron chi connectivity index (χ4n) is 4.82. The zero-order valence-electron chi connectivity index (χ0n) is 21.5. The van der Waals surface area contributed by atoms with Gasteiger partial charge in [-0.15, -0.1) is 0 Å². The lowest BCUT2D eigenvalue weighted by atomic mass is 9.86. The van der Waals surface area contributed by atoms with E-state index in [1.54, 1.807) is 18.2 Å². The van der Waals surface area contributed by atoms with E-state index >= 15 is 0 Å². The lowest BCUT2D eigenvalue weighted by Gasteiger charge is -2.30. The third-order valence-electron chi connectivity index (χ3n) is 6.69. The van der Waals surface area contributed by atoms with Crippen molar-refractivity contribution in [3.8, 4) is 11.5 Å². The fourth-order valence-corrected chi connectivity index (χ4v) is 6.00. The van der Waals surface area contributed by atoms with Crippen LogP contribution in [0.3, 0.4) is 0 Å². The van der Waals surface area contributed by atoms with E-state index in [0.717, 1.165) is 41.5 Å². The van der Waals surface area contributed by atoms with E-state index < -0.39 is 10.0 Å². The van der Waals surface area contributed by atoms with Crippen LogP contribution in [0.4, 0.5) is 23.1 Å². The van der Waals surface area contributed by atoms with Crippen molar-refractivity contribution in [2.45, 2.75) is 30.6 Å². The molecule has 1 saturated heterocycles. The smallest absolute Gasteiger partial charge is 0.244 e. The summed E-state index contributed by atoms with van der Waals surface area (Å²) in [4.78, 5) is 8.99. The predicted molar refractivity (Wildman–Crippen MR) is 148 cm³/mol. The van der Waals surface area contributed by atoms with Crippen LogP contribution in [0.25, 0.3) is 0 Å². The Morgan fingerprint density at radius 2 is 1.76 bits per heavy atom. The van der Waals surface area contributed by atoms with E-state index in [0.29, 0.717) is 36.3 Å². The SMILES string of the molecule is Cc1cc(Nc2ncc(Cl)c(Nc3ccccc3S(=O)(=O)N(C)C)n2)c2c(c1C1CCNCC1)OCCO2. The topological polar surface area (TPSA) is 118 Å². The summed E-state index contributed by atoms with van der Waals surface area (Å²) in [6.45, 7) is 4.98. The van der Waals surface area contributed by atoms with Crippen molar-refractivity contribution in [2.75, 3.05) is 51.0 Å². The fraction of sp³-hybridized carbons (Fsp3) is 0.385. The molecule has 2 aliphatic heterocycles. The molecule has 2 aliphatic rings. The lowest BCUT2D eigenvalue weighted by molar-refractivity contribution is 0.169. The molecule has 0 bridgehead atoms. The van der Waals surface area contributed by atoms with Crippen molar-refractivity contribution >= 4 is 44.8 Å². The lowest BCUT2D eigenvalue weighted by Crippen LogP contribution is -2.28. The van der Waals surface area contributed by atoms with Crippen LogP contribution in [0, 0.1) is 6.92 Å². The molecule has 0 aliphatic carbocycles. The normalized spacial score (nSPS) is 15.9. The third-order valence-corrected chi connectivity index (χ3v) is 8.84. The second kappa shape index (κ2) is 10.9. The van der Waals surface area contributed by atoms with Crippen molar-refractivity contribution in [3.05, 3.63) is 52.7 Å². The first-order chi connectivity index (χ1) is 18.3. The average Bonchev–Trinajstić information content (AvgIpc) is 2.91. The number of piperidine rings is 1. The summed E-state index contributed by atoms with van der Waals surface area (Å²) in [6, 6.07) is 8.63. The summed E-state index contributed by atoms with van der Waals surface area (Å²) in [5, 5.41) is 9.98. The van der Waals surface area contributed by atoms with Gasteiger partial charge in [0.25, 0.3) is 0 Å². The van der Waals surface area contributed by atoms with Crippen LogP contribution in [0.15, 0.2) is 41.4 Å². The summed E-state index contributed by atoms with van der Waals surface area (Å²) in [7, 11) is -0.728. The first-order valence-electron chi connectivity index (χ1n) is 12.5. The van der Waals surface area contributed by atoms with Crippen LogP contribution < -0.4 is 25.4 Å². The minimum atomic E-state index is -3.69. The Bertz CT molecular complexity index is 1440. The quantitative estimate of drug-likeness (QED) is 0.387. The van der Waals surface area contributed by atoms with Gasteiger partial charge in [-0.2, -0.15) is 4.98 Å². The van der Waals surface area contributed by atoms with Gasteiger partial charge in [0.15, 0.2) is 17.3 Å². The van der Waals surface area contributed by atoms with E-state index in [4.69, 9.17) is 21.1 Å². The number of halogens is 1. The highest BCUT2D eigenvalue weighted by Crippen LogP contribution is 2.47. The summed E-state index contributed by atoms with van der Waals surface area (Å²) in [5.74, 6) is 2.36. The maximum atomic E-state index is 12.8. The zero-order valence-corrected chi connectivity index (χ0v) is 23.1. The molecule has 0 saturated carbocycles. The number of sulfonamides is 1. The molecule has 0 amide bonds. The molecule has 0 unspecified atom stereocenters. The second-order valence-electron chi connectivity index (χ2n) is 9.46. The summed E-state index contributed by atoms with van der Waals surface area (Å²) < 4.78 is 39.0. The molecule has 0 spiro atoms. The maximum absolute atomic E-state index is 12.8. The molecule has 3 heterocycles. The standard InChI is InChI=1S/C26H31ClN6O4S/c1-16-14-20(23-24(37-13-12-36-23)22(16)17-8-10-28-11-9-17)31-26-29-15-18(27)25(32-26)30-19-6-4-5-7-21(19)38(34,35)33(2)3/h4-7,14-15,17,28H,8-13H2,1-3H3,(H2,29,30,31,32). The van der Waals surface area contributed by atoms with E-state index in [2.05, 4.69) is 32.8 Å². The van der Waals surface area contributed by atoms with Gasteiger partial charge in [-0.1, -0.05) is 23.7 Å². The highest BCUT2D eigenvalue weighted by Gasteiger charge is 2.29. The minimum Gasteiger partial charge on any atom is -0.486 e. The highest BCUT2D eigenvalue weighted by atomic mass is 35.5. The average molecular weight is 559 g/mol. The Hall–Kier alpha value is -3.12. The zero-order chi connectivity index (χ0) is 26.9. The van der Waals surface area contributed by atoms with Crippen LogP contribution in [-0.2, 0) is 10.0 Å². The van der Waals surface area contributed by atoms with Crippen molar-refractivity contribution in [2.24, 2.45) is 0 Å². The number of para-hydroxylation sites is 1. The molecule has 10 nitrogen and oxygen atoms in total. The molecule has 38 heavy (non-hydrogen) atoms. The predicted octanol–water partition coefficient (Wildman–Crippen LogP) is 4.41. The molecule has 0 atom stereocenters. The Kier molecular flexibility index (Phi) is 7.62.